The number of carbonyl (C=O) groups is 1. The number of hydrogen-bond donors (Lipinski definition) is 1. The topological polar surface area (TPSA) is 32.3 Å². The van der Waals surface area contributed by atoms with Gasteiger partial charge < -0.3 is 10.2 Å². The van der Waals surface area contributed by atoms with E-state index in [1.165, 1.54) is 6.07 Å². The summed E-state index contributed by atoms with van der Waals surface area (Å²) in [5.41, 5.74) is 3.29. The van der Waals surface area contributed by atoms with Crippen molar-refractivity contribution >= 4 is 17.3 Å². The standard InChI is InChI=1S/C17H19FN2O/c1-11-8-9-13(10-15(11)20(3)4)19-17(21)14-7-5-6-12(2)16(14)18/h5-10H,1-4H3,(H,19,21). The van der Waals surface area contributed by atoms with Crippen LogP contribution in [0.2, 0.25) is 0 Å². The average molecular weight is 286 g/mol. The Balaban J connectivity index is 2.28. The zero-order chi connectivity index (χ0) is 15.6. The maximum atomic E-state index is 14.0. The van der Waals surface area contributed by atoms with E-state index < -0.39 is 11.7 Å². The number of carbonyl (C=O) groups excluding carboxylic acids is 1. The fraction of sp³-hybridized carbons (Fsp3) is 0.235. The fourth-order valence-electron chi connectivity index (χ4n) is 2.19. The number of benzene rings is 2. The highest BCUT2D eigenvalue weighted by Crippen LogP contribution is 2.23. The van der Waals surface area contributed by atoms with E-state index in [9.17, 15) is 9.18 Å². The molecule has 21 heavy (non-hydrogen) atoms. The van der Waals surface area contributed by atoms with E-state index in [2.05, 4.69) is 5.32 Å². The predicted molar refractivity (Wildman–Crippen MR) is 84.6 cm³/mol. The monoisotopic (exact) mass is 286 g/mol. The molecule has 0 atom stereocenters. The van der Waals surface area contributed by atoms with Crippen molar-refractivity contribution in [3.63, 3.8) is 0 Å². The van der Waals surface area contributed by atoms with E-state index in [0.717, 1.165) is 11.3 Å². The van der Waals surface area contributed by atoms with Crippen LogP contribution in [-0.4, -0.2) is 20.0 Å². The van der Waals surface area contributed by atoms with Crippen LogP contribution in [0.1, 0.15) is 21.5 Å². The van der Waals surface area contributed by atoms with Crippen LogP contribution in [0, 0.1) is 19.7 Å². The Hall–Kier alpha value is -2.36. The van der Waals surface area contributed by atoms with Gasteiger partial charge in [0, 0.05) is 25.5 Å². The summed E-state index contributed by atoms with van der Waals surface area (Å²) in [5, 5.41) is 2.74. The second-order valence-corrected chi connectivity index (χ2v) is 5.29. The zero-order valence-electron chi connectivity index (χ0n) is 12.7. The number of hydrogen-bond acceptors (Lipinski definition) is 2. The number of rotatable bonds is 3. The molecule has 3 nitrogen and oxygen atoms in total. The van der Waals surface area contributed by atoms with Gasteiger partial charge in [-0.2, -0.15) is 0 Å². The van der Waals surface area contributed by atoms with Gasteiger partial charge in [0.15, 0.2) is 0 Å². The molecule has 4 heteroatoms. The lowest BCUT2D eigenvalue weighted by molar-refractivity contribution is 0.102. The molecule has 2 aromatic rings. The van der Waals surface area contributed by atoms with Gasteiger partial charge in [-0.1, -0.05) is 18.2 Å². The summed E-state index contributed by atoms with van der Waals surface area (Å²) in [5.74, 6) is -0.917. The zero-order valence-corrected chi connectivity index (χ0v) is 12.7. The molecule has 0 fully saturated rings. The molecular weight excluding hydrogens is 267 g/mol. The molecule has 0 bridgehead atoms. The fourth-order valence-corrected chi connectivity index (χ4v) is 2.19. The summed E-state index contributed by atoms with van der Waals surface area (Å²) in [4.78, 5) is 14.2. The molecule has 0 aliphatic carbocycles. The highest BCUT2D eigenvalue weighted by atomic mass is 19.1. The van der Waals surface area contributed by atoms with Gasteiger partial charge in [0.05, 0.1) is 5.56 Å². The third-order valence-electron chi connectivity index (χ3n) is 3.39. The highest BCUT2D eigenvalue weighted by Gasteiger charge is 2.13. The van der Waals surface area contributed by atoms with E-state index in [1.54, 1.807) is 19.1 Å². The quantitative estimate of drug-likeness (QED) is 0.931. The molecular formula is C17H19FN2O. The number of halogens is 1. The molecule has 0 saturated heterocycles. The van der Waals surface area contributed by atoms with Crippen molar-refractivity contribution in [3.8, 4) is 0 Å². The van der Waals surface area contributed by atoms with Gasteiger partial charge in [-0.3, -0.25) is 4.79 Å². The van der Waals surface area contributed by atoms with E-state index in [4.69, 9.17) is 0 Å². The summed E-state index contributed by atoms with van der Waals surface area (Å²) in [7, 11) is 3.88. The Bertz CT molecular complexity index is 680. The van der Waals surface area contributed by atoms with Crippen molar-refractivity contribution in [1.82, 2.24) is 0 Å². The largest absolute Gasteiger partial charge is 0.377 e. The molecule has 0 saturated carbocycles. The number of nitrogens with one attached hydrogen (secondary N) is 1. The minimum absolute atomic E-state index is 0.0574. The molecule has 2 rings (SSSR count). The smallest absolute Gasteiger partial charge is 0.258 e. The SMILES string of the molecule is Cc1ccc(NC(=O)c2cccc(C)c2F)cc1N(C)C. The first-order valence-electron chi connectivity index (χ1n) is 6.74. The maximum absolute atomic E-state index is 14.0. The molecule has 110 valence electrons. The van der Waals surface area contributed by atoms with Crippen molar-refractivity contribution in [1.29, 1.82) is 0 Å². The van der Waals surface area contributed by atoms with Crippen LogP contribution in [0.25, 0.3) is 0 Å². The Morgan fingerprint density at radius 3 is 2.48 bits per heavy atom. The first-order chi connectivity index (χ1) is 9.90. The Labute approximate surface area is 124 Å². The van der Waals surface area contributed by atoms with Crippen LogP contribution in [0.15, 0.2) is 36.4 Å². The Morgan fingerprint density at radius 1 is 1.10 bits per heavy atom. The molecule has 0 aliphatic heterocycles. The van der Waals surface area contributed by atoms with Crippen LogP contribution in [0.4, 0.5) is 15.8 Å². The first-order valence-corrected chi connectivity index (χ1v) is 6.74. The number of anilines is 2. The van der Waals surface area contributed by atoms with E-state index in [-0.39, 0.29) is 5.56 Å². The third kappa shape index (κ3) is 3.21. The van der Waals surface area contributed by atoms with E-state index in [1.807, 2.05) is 44.1 Å². The summed E-state index contributed by atoms with van der Waals surface area (Å²) < 4.78 is 14.0. The molecule has 0 aliphatic rings. The van der Waals surface area contributed by atoms with Crippen molar-refractivity contribution in [2.75, 3.05) is 24.3 Å². The Morgan fingerprint density at radius 2 is 1.81 bits per heavy atom. The normalized spacial score (nSPS) is 10.3. The van der Waals surface area contributed by atoms with Crippen molar-refractivity contribution < 1.29 is 9.18 Å². The summed E-state index contributed by atoms with van der Waals surface area (Å²) in [6.07, 6.45) is 0. The number of amides is 1. The predicted octanol–water partition coefficient (Wildman–Crippen LogP) is 3.76. The van der Waals surface area contributed by atoms with Crippen molar-refractivity contribution in [3.05, 3.63) is 58.9 Å². The lowest BCUT2D eigenvalue weighted by Crippen LogP contribution is -2.15. The van der Waals surface area contributed by atoms with Gasteiger partial charge in [0.25, 0.3) is 5.91 Å². The second-order valence-electron chi connectivity index (χ2n) is 5.29. The lowest BCUT2D eigenvalue weighted by Gasteiger charge is -2.17. The van der Waals surface area contributed by atoms with Crippen molar-refractivity contribution in [2.24, 2.45) is 0 Å². The molecule has 0 aromatic heterocycles. The molecule has 0 heterocycles. The van der Waals surface area contributed by atoms with Crippen LogP contribution in [-0.2, 0) is 0 Å². The summed E-state index contributed by atoms with van der Waals surface area (Å²) in [6.45, 7) is 3.64. The molecule has 1 amide bonds. The van der Waals surface area contributed by atoms with Gasteiger partial charge in [-0.05, 0) is 43.2 Å². The van der Waals surface area contributed by atoms with E-state index in [0.29, 0.717) is 11.3 Å². The highest BCUT2D eigenvalue weighted by molar-refractivity contribution is 6.04. The summed E-state index contributed by atoms with van der Waals surface area (Å²) >= 11 is 0. The number of nitrogens with zero attached hydrogens (tertiary/aromatic N) is 1. The molecule has 0 spiro atoms. The van der Waals surface area contributed by atoms with Gasteiger partial charge in [-0.15, -0.1) is 0 Å². The van der Waals surface area contributed by atoms with Crippen LogP contribution < -0.4 is 10.2 Å². The third-order valence-corrected chi connectivity index (χ3v) is 3.39. The van der Waals surface area contributed by atoms with Gasteiger partial charge >= 0.3 is 0 Å². The maximum Gasteiger partial charge on any atom is 0.258 e. The second kappa shape index (κ2) is 5.95. The van der Waals surface area contributed by atoms with E-state index >= 15 is 0 Å². The van der Waals surface area contributed by atoms with Gasteiger partial charge in [0.2, 0.25) is 0 Å². The average Bonchev–Trinajstić information content (AvgIpc) is 2.43. The molecule has 2 aromatic carbocycles. The minimum Gasteiger partial charge on any atom is -0.377 e. The van der Waals surface area contributed by atoms with Crippen LogP contribution >= 0.6 is 0 Å². The van der Waals surface area contributed by atoms with Gasteiger partial charge in [0.1, 0.15) is 5.82 Å². The Kier molecular flexibility index (Phi) is 4.26. The van der Waals surface area contributed by atoms with Crippen LogP contribution in [0.5, 0.6) is 0 Å². The van der Waals surface area contributed by atoms with Gasteiger partial charge in [-0.25, -0.2) is 4.39 Å². The molecule has 1 N–H and O–H groups in total. The number of aryl methyl sites for hydroxylation is 2. The minimum atomic E-state index is -0.477. The first kappa shape index (κ1) is 15.0. The van der Waals surface area contributed by atoms with Crippen molar-refractivity contribution in [2.45, 2.75) is 13.8 Å². The molecule has 0 unspecified atom stereocenters. The lowest BCUT2D eigenvalue weighted by atomic mass is 10.1. The van der Waals surface area contributed by atoms with Crippen LogP contribution in [0.3, 0.4) is 0 Å². The summed E-state index contributed by atoms with van der Waals surface area (Å²) in [6, 6.07) is 10.4. The molecule has 0 radical (unpaired) electrons.